The van der Waals surface area contributed by atoms with E-state index < -0.39 is 41.2 Å². The Bertz CT molecular complexity index is 1480. The van der Waals surface area contributed by atoms with Gasteiger partial charge in [-0.3, -0.25) is 14.2 Å². The number of benzene rings is 2. The SMILES string of the molecule is CCCNC(=O)CC(NC(=O)OC(C)(C)C)C(=O)N1C=Cn2c(nc(-c3cccc(F)c3)c2Nc2ccc(F)cc2)C1. The number of alkyl carbamates (subject to hydrolysis) is 1. The summed E-state index contributed by atoms with van der Waals surface area (Å²) >= 11 is 0. The van der Waals surface area contributed by atoms with Gasteiger partial charge < -0.3 is 25.6 Å². The number of ether oxygens (including phenoxy) is 1. The van der Waals surface area contributed by atoms with Crippen LogP contribution < -0.4 is 16.0 Å². The molecule has 1 aliphatic heterocycles. The number of carbonyl (C=O) groups excluding carboxylic acids is 3. The molecule has 1 aliphatic rings. The largest absolute Gasteiger partial charge is 0.444 e. The molecule has 2 aromatic carbocycles. The molecule has 0 radical (unpaired) electrons. The summed E-state index contributed by atoms with van der Waals surface area (Å²) < 4.78 is 34.7. The van der Waals surface area contributed by atoms with Gasteiger partial charge in [-0.25, -0.2) is 18.6 Å². The molecular formula is C30H34F2N6O4. The van der Waals surface area contributed by atoms with E-state index in [9.17, 15) is 23.2 Å². The van der Waals surface area contributed by atoms with Crippen LogP contribution in [0.2, 0.25) is 0 Å². The third kappa shape index (κ3) is 7.71. The van der Waals surface area contributed by atoms with Crippen molar-refractivity contribution in [3.05, 3.63) is 72.2 Å². The average molecular weight is 581 g/mol. The van der Waals surface area contributed by atoms with Crippen molar-refractivity contribution in [2.45, 2.75) is 58.7 Å². The van der Waals surface area contributed by atoms with Crippen LogP contribution in [0.25, 0.3) is 17.5 Å². The number of anilines is 2. The highest BCUT2D eigenvalue weighted by atomic mass is 19.1. The standard InChI is InChI=1S/C30H34F2N6O4/c1-5-13-33-25(39)17-23(35-29(41)42-30(2,3)4)28(40)37-14-15-38-24(18-37)36-26(19-7-6-8-21(32)16-19)27(38)34-22-11-9-20(31)10-12-22/h6-12,14-16,23,34H,5,13,17-18H2,1-4H3,(H,33,39)(H,35,41). The maximum absolute atomic E-state index is 14.1. The second-order valence-corrected chi connectivity index (χ2v) is 10.8. The number of nitrogens with zero attached hydrogens (tertiary/aromatic N) is 3. The molecule has 0 fully saturated rings. The number of rotatable bonds is 9. The van der Waals surface area contributed by atoms with Gasteiger partial charge in [0.15, 0.2) is 0 Å². The molecule has 222 valence electrons. The fraction of sp³-hybridized carbons (Fsp3) is 0.333. The number of carbonyl (C=O) groups is 3. The third-order valence-electron chi connectivity index (χ3n) is 6.13. The van der Waals surface area contributed by atoms with Gasteiger partial charge in [0.25, 0.3) is 0 Å². The Balaban J connectivity index is 1.63. The minimum Gasteiger partial charge on any atom is -0.444 e. The zero-order valence-electron chi connectivity index (χ0n) is 23.9. The molecule has 3 aromatic rings. The number of hydrogen-bond acceptors (Lipinski definition) is 6. The molecule has 1 atom stereocenters. The number of amides is 3. The van der Waals surface area contributed by atoms with E-state index in [2.05, 4.69) is 16.0 Å². The van der Waals surface area contributed by atoms with Crippen molar-refractivity contribution in [2.75, 3.05) is 11.9 Å². The third-order valence-corrected chi connectivity index (χ3v) is 6.13. The van der Waals surface area contributed by atoms with Gasteiger partial charge in [-0.05, 0) is 63.6 Å². The molecule has 42 heavy (non-hydrogen) atoms. The maximum atomic E-state index is 14.1. The van der Waals surface area contributed by atoms with Gasteiger partial charge in [-0.2, -0.15) is 0 Å². The van der Waals surface area contributed by atoms with Crippen molar-refractivity contribution < 1.29 is 27.9 Å². The van der Waals surface area contributed by atoms with Gasteiger partial charge in [0.1, 0.15) is 40.6 Å². The molecule has 1 aromatic heterocycles. The number of imidazole rings is 1. The summed E-state index contributed by atoms with van der Waals surface area (Å²) in [6, 6.07) is 10.5. The lowest BCUT2D eigenvalue weighted by Crippen LogP contribution is -2.50. The molecule has 3 amide bonds. The molecule has 2 heterocycles. The van der Waals surface area contributed by atoms with Crippen molar-refractivity contribution in [3.63, 3.8) is 0 Å². The monoisotopic (exact) mass is 580 g/mol. The lowest BCUT2D eigenvalue weighted by atomic mass is 10.1. The van der Waals surface area contributed by atoms with Crippen LogP contribution in [-0.4, -0.2) is 50.5 Å². The first-order valence-electron chi connectivity index (χ1n) is 13.6. The highest BCUT2D eigenvalue weighted by Gasteiger charge is 2.32. The Labute approximate surface area is 242 Å². The van der Waals surface area contributed by atoms with Gasteiger partial charge in [-0.1, -0.05) is 19.1 Å². The van der Waals surface area contributed by atoms with Crippen LogP contribution >= 0.6 is 0 Å². The Morgan fingerprint density at radius 3 is 2.45 bits per heavy atom. The summed E-state index contributed by atoms with van der Waals surface area (Å²) in [5, 5.41) is 8.46. The second kappa shape index (κ2) is 12.8. The first kappa shape index (κ1) is 30.2. The summed E-state index contributed by atoms with van der Waals surface area (Å²) in [6.07, 6.45) is 2.70. The number of fused-ring (bicyclic) bond motifs is 1. The van der Waals surface area contributed by atoms with E-state index in [4.69, 9.17) is 9.72 Å². The van der Waals surface area contributed by atoms with E-state index in [0.717, 1.165) is 0 Å². The Morgan fingerprint density at radius 1 is 1.05 bits per heavy atom. The van der Waals surface area contributed by atoms with Crippen LogP contribution in [0.5, 0.6) is 0 Å². The van der Waals surface area contributed by atoms with Crippen molar-refractivity contribution in [1.29, 1.82) is 0 Å². The summed E-state index contributed by atoms with van der Waals surface area (Å²) in [5.74, 6) is -0.871. The highest BCUT2D eigenvalue weighted by Crippen LogP contribution is 2.34. The molecule has 0 bridgehead atoms. The highest BCUT2D eigenvalue weighted by molar-refractivity contribution is 5.92. The molecule has 10 nitrogen and oxygen atoms in total. The molecule has 1 unspecified atom stereocenters. The van der Waals surface area contributed by atoms with E-state index in [1.807, 2.05) is 6.92 Å². The van der Waals surface area contributed by atoms with E-state index >= 15 is 0 Å². The van der Waals surface area contributed by atoms with Crippen molar-refractivity contribution in [1.82, 2.24) is 25.1 Å². The zero-order valence-corrected chi connectivity index (χ0v) is 23.9. The minimum atomic E-state index is -1.21. The van der Waals surface area contributed by atoms with Gasteiger partial charge >= 0.3 is 6.09 Å². The lowest BCUT2D eigenvalue weighted by Gasteiger charge is -2.28. The molecule has 0 aliphatic carbocycles. The molecule has 0 saturated carbocycles. The number of nitrogens with one attached hydrogen (secondary N) is 3. The molecular weight excluding hydrogens is 546 g/mol. The van der Waals surface area contributed by atoms with Crippen LogP contribution in [0.4, 0.5) is 25.1 Å². The molecule has 3 N–H and O–H groups in total. The van der Waals surface area contributed by atoms with E-state index in [0.29, 0.717) is 41.6 Å². The fourth-order valence-corrected chi connectivity index (χ4v) is 4.25. The first-order chi connectivity index (χ1) is 19.9. The Hall–Kier alpha value is -4.74. The van der Waals surface area contributed by atoms with Crippen LogP contribution in [0.15, 0.2) is 54.7 Å². The van der Waals surface area contributed by atoms with E-state index in [1.165, 1.54) is 35.4 Å². The van der Waals surface area contributed by atoms with Gasteiger partial charge in [0, 0.05) is 30.2 Å². The summed E-state index contributed by atoms with van der Waals surface area (Å²) in [7, 11) is 0. The maximum Gasteiger partial charge on any atom is 0.408 e. The number of hydrogen-bond donors (Lipinski definition) is 3. The summed E-state index contributed by atoms with van der Waals surface area (Å²) in [6.45, 7) is 7.40. The van der Waals surface area contributed by atoms with Gasteiger partial charge in [0.2, 0.25) is 11.8 Å². The van der Waals surface area contributed by atoms with E-state index in [-0.39, 0.29) is 13.0 Å². The van der Waals surface area contributed by atoms with E-state index in [1.54, 1.807) is 55.8 Å². The van der Waals surface area contributed by atoms with Crippen molar-refractivity contribution in [3.8, 4) is 11.3 Å². The summed E-state index contributed by atoms with van der Waals surface area (Å²) in [4.78, 5) is 44.7. The Morgan fingerprint density at radius 2 is 1.79 bits per heavy atom. The van der Waals surface area contributed by atoms with Crippen molar-refractivity contribution >= 4 is 35.6 Å². The molecule has 0 saturated heterocycles. The minimum absolute atomic E-state index is 0.00811. The molecule has 12 heteroatoms. The van der Waals surface area contributed by atoms with Gasteiger partial charge in [-0.15, -0.1) is 0 Å². The summed E-state index contributed by atoms with van der Waals surface area (Å²) in [5.41, 5.74) is 0.669. The predicted octanol–water partition coefficient (Wildman–Crippen LogP) is 5.15. The topological polar surface area (TPSA) is 118 Å². The average Bonchev–Trinajstić information content (AvgIpc) is 3.28. The van der Waals surface area contributed by atoms with Crippen LogP contribution in [0.3, 0.4) is 0 Å². The zero-order chi connectivity index (χ0) is 30.4. The van der Waals surface area contributed by atoms with Crippen molar-refractivity contribution in [2.24, 2.45) is 0 Å². The second-order valence-electron chi connectivity index (χ2n) is 10.8. The molecule has 0 spiro atoms. The fourth-order valence-electron chi connectivity index (χ4n) is 4.25. The lowest BCUT2D eigenvalue weighted by molar-refractivity contribution is -0.134. The smallest absolute Gasteiger partial charge is 0.408 e. The van der Waals surface area contributed by atoms with Crippen LogP contribution in [-0.2, 0) is 20.9 Å². The Kier molecular flexibility index (Phi) is 9.24. The quantitative estimate of drug-likeness (QED) is 0.322. The number of halogens is 2. The number of aromatic nitrogens is 2. The normalized spacial score (nSPS) is 13.2. The van der Waals surface area contributed by atoms with Crippen LogP contribution in [0.1, 0.15) is 46.4 Å². The predicted molar refractivity (Wildman–Crippen MR) is 154 cm³/mol. The van der Waals surface area contributed by atoms with Gasteiger partial charge in [0.05, 0.1) is 13.0 Å². The van der Waals surface area contributed by atoms with Crippen LogP contribution in [0, 0.1) is 11.6 Å². The first-order valence-corrected chi connectivity index (χ1v) is 13.6. The molecule has 4 rings (SSSR count).